The summed E-state index contributed by atoms with van der Waals surface area (Å²) in [4.78, 5) is 15.9. The molecule has 36 heavy (non-hydrogen) atoms. The van der Waals surface area contributed by atoms with Gasteiger partial charge < -0.3 is 14.9 Å². The number of aliphatic hydroxyl groups excluding tert-OH is 2. The molecule has 9 fully saturated rings. The van der Waals surface area contributed by atoms with E-state index in [1.54, 1.807) is 0 Å². The average Bonchev–Trinajstić information content (AvgIpc) is 3.20. The molecule has 3 saturated heterocycles. The molecular weight excluding hydrogens is 471 g/mol. The van der Waals surface area contributed by atoms with Gasteiger partial charge >= 0.3 is 12.1 Å². The summed E-state index contributed by atoms with van der Waals surface area (Å²) in [5.41, 5.74) is -2.27. The van der Waals surface area contributed by atoms with Gasteiger partial charge in [0.1, 0.15) is 0 Å². The molecule has 12 atom stereocenters. The lowest BCUT2D eigenvalue weighted by Crippen LogP contribution is -2.72. The SMILES string of the molecule is C=C1[C@H]2C[C@H]3C4N5C[C@]6(C)CCC[C@]47[C@H]([C@H]2O)C3(C[C@]5(OC(=O)c2cccc(C(F)(F)F)c2)[C@H]67)[C@@H]1O. The Hall–Kier alpha value is -1.90. The van der Waals surface area contributed by atoms with Crippen molar-refractivity contribution >= 4 is 5.97 Å². The quantitative estimate of drug-likeness (QED) is 0.474. The topological polar surface area (TPSA) is 70.0 Å². The van der Waals surface area contributed by atoms with Crippen molar-refractivity contribution in [1.82, 2.24) is 4.90 Å². The average molecular weight is 502 g/mol. The van der Waals surface area contributed by atoms with Gasteiger partial charge in [-0.05, 0) is 54.4 Å². The fourth-order valence-electron chi connectivity index (χ4n) is 11.7. The summed E-state index contributed by atoms with van der Waals surface area (Å²) in [7, 11) is 0. The van der Waals surface area contributed by atoms with Gasteiger partial charge in [-0.15, -0.1) is 0 Å². The second-order valence-electron chi connectivity index (χ2n) is 13.1. The van der Waals surface area contributed by atoms with E-state index in [1.807, 2.05) is 0 Å². The van der Waals surface area contributed by atoms with Crippen LogP contribution in [0.2, 0.25) is 0 Å². The van der Waals surface area contributed by atoms with Gasteiger partial charge in [-0.1, -0.05) is 26.0 Å². The Balaban J connectivity index is 1.28. The third-order valence-corrected chi connectivity index (χ3v) is 12.0. The van der Waals surface area contributed by atoms with Gasteiger partial charge in [0.15, 0.2) is 5.72 Å². The van der Waals surface area contributed by atoms with E-state index >= 15 is 0 Å². The minimum absolute atomic E-state index is 0.0129. The van der Waals surface area contributed by atoms with Crippen LogP contribution in [0.25, 0.3) is 0 Å². The second kappa shape index (κ2) is 6.05. The van der Waals surface area contributed by atoms with Crippen LogP contribution in [0.5, 0.6) is 0 Å². The standard InChI is InChI=1S/C28H30F3NO4/c1-13-16-10-17-20-25-8-4-7-24(2)12-32(20)27(23(24)25,11-26(17,21(13)34)19(25)18(16)33)36-22(35)14-5-3-6-15(9-14)28(29,30)31/h3,5-6,9,16-21,23,33-34H,1,4,7-8,10-12H2,2H3/t16-,17+,18+,19+,20?,21-,23-,24+,25+,26?,27+/m1/s1. The van der Waals surface area contributed by atoms with Gasteiger partial charge in [0.2, 0.25) is 0 Å². The summed E-state index contributed by atoms with van der Waals surface area (Å²) < 4.78 is 46.5. The van der Waals surface area contributed by atoms with Crippen molar-refractivity contribution in [3.63, 3.8) is 0 Å². The number of hydrogen-bond donors (Lipinski definition) is 2. The molecule has 5 nitrogen and oxygen atoms in total. The number of carbonyl (C=O) groups is 1. The maximum Gasteiger partial charge on any atom is 0.416 e. The number of alkyl halides is 3. The first-order valence-electron chi connectivity index (χ1n) is 13.1. The molecule has 9 aliphatic rings. The minimum atomic E-state index is -4.55. The molecule has 2 N–H and O–H groups in total. The third-order valence-electron chi connectivity index (χ3n) is 12.0. The number of carbonyl (C=O) groups excluding carboxylic acids is 1. The third kappa shape index (κ3) is 2.02. The van der Waals surface area contributed by atoms with Crippen LogP contribution in [0.4, 0.5) is 13.2 Å². The van der Waals surface area contributed by atoms with Crippen molar-refractivity contribution < 1.29 is 32.9 Å². The predicted molar refractivity (Wildman–Crippen MR) is 121 cm³/mol. The molecule has 6 saturated carbocycles. The molecule has 0 amide bonds. The number of halogens is 3. The number of piperidine rings is 2. The summed E-state index contributed by atoms with van der Waals surface area (Å²) in [6.45, 7) is 7.20. The van der Waals surface area contributed by atoms with Crippen molar-refractivity contribution in [3.8, 4) is 0 Å². The highest BCUT2D eigenvalue weighted by molar-refractivity contribution is 5.90. The highest BCUT2D eigenvalue weighted by Gasteiger charge is 2.94. The molecule has 0 aromatic heterocycles. The molecule has 1 aromatic carbocycles. The van der Waals surface area contributed by atoms with E-state index in [0.29, 0.717) is 12.0 Å². The molecule has 1 aromatic rings. The second-order valence-corrected chi connectivity index (χ2v) is 13.1. The Kier molecular flexibility index (Phi) is 3.72. The predicted octanol–water partition coefficient (Wildman–Crippen LogP) is 4.00. The molecular formula is C28H30F3NO4. The lowest BCUT2D eigenvalue weighted by Gasteiger charge is -2.67. The smallest absolute Gasteiger partial charge is 0.416 e. The Labute approximate surface area is 207 Å². The molecule has 6 aliphatic carbocycles. The molecule has 8 heteroatoms. The number of aliphatic hydroxyl groups is 2. The van der Waals surface area contributed by atoms with E-state index in [4.69, 9.17) is 4.74 Å². The van der Waals surface area contributed by atoms with E-state index in [1.165, 1.54) is 12.1 Å². The van der Waals surface area contributed by atoms with Gasteiger partial charge in [0.25, 0.3) is 0 Å². The first-order chi connectivity index (χ1) is 16.9. The Morgan fingerprint density at radius 2 is 2.00 bits per heavy atom. The number of rotatable bonds is 2. The van der Waals surface area contributed by atoms with Crippen LogP contribution in [0.15, 0.2) is 36.4 Å². The fourth-order valence-corrected chi connectivity index (χ4v) is 11.7. The van der Waals surface area contributed by atoms with E-state index in [-0.39, 0.29) is 46.1 Å². The highest BCUT2D eigenvalue weighted by Crippen LogP contribution is 2.89. The van der Waals surface area contributed by atoms with E-state index in [9.17, 15) is 28.2 Å². The molecule has 2 spiro atoms. The highest BCUT2D eigenvalue weighted by atomic mass is 19.4. The van der Waals surface area contributed by atoms with Crippen molar-refractivity contribution in [3.05, 3.63) is 47.5 Å². The molecule has 192 valence electrons. The summed E-state index contributed by atoms with van der Waals surface area (Å²) in [5, 5.41) is 23.3. The molecule has 9 bridgehead atoms. The fraction of sp³-hybridized carbons (Fsp3) is 0.679. The van der Waals surface area contributed by atoms with Crippen LogP contribution in [0.1, 0.15) is 54.9 Å². The summed E-state index contributed by atoms with van der Waals surface area (Å²) in [5.74, 6) is -0.743. The van der Waals surface area contributed by atoms with Crippen LogP contribution in [-0.4, -0.2) is 51.6 Å². The molecule has 3 heterocycles. The largest absolute Gasteiger partial charge is 0.440 e. The Bertz CT molecular complexity index is 1250. The number of hydrogen-bond acceptors (Lipinski definition) is 5. The zero-order valence-electron chi connectivity index (χ0n) is 20.1. The van der Waals surface area contributed by atoms with E-state index in [2.05, 4.69) is 18.4 Å². The zero-order chi connectivity index (χ0) is 25.2. The summed E-state index contributed by atoms with van der Waals surface area (Å²) in [6, 6.07) is 4.54. The lowest BCUT2D eigenvalue weighted by molar-refractivity contribution is -0.271. The first-order valence-corrected chi connectivity index (χ1v) is 13.1. The summed E-state index contributed by atoms with van der Waals surface area (Å²) >= 11 is 0. The van der Waals surface area contributed by atoms with Crippen molar-refractivity contribution in [2.45, 2.75) is 69.2 Å². The van der Waals surface area contributed by atoms with Gasteiger partial charge in [0.05, 0.1) is 23.3 Å². The zero-order valence-corrected chi connectivity index (χ0v) is 20.1. The Morgan fingerprint density at radius 1 is 1.22 bits per heavy atom. The Morgan fingerprint density at radius 3 is 2.75 bits per heavy atom. The first kappa shape index (κ1) is 22.1. The number of ether oxygens (including phenoxy) is 1. The van der Waals surface area contributed by atoms with Crippen molar-refractivity contribution in [1.29, 1.82) is 0 Å². The number of esters is 1. The normalized spacial score (nSPS) is 54.9. The number of benzene rings is 1. The lowest BCUT2D eigenvalue weighted by atomic mass is 9.39. The van der Waals surface area contributed by atoms with E-state index < -0.39 is 41.1 Å². The van der Waals surface area contributed by atoms with Crippen LogP contribution in [0, 0.1) is 39.9 Å². The van der Waals surface area contributed by atoms with Crippen LogP contribution >= 0.6 is 0 Å². The molecule has 0 radical (unpaired) electrons. The monoisotopic (exact) mass is 501 g/mol. The van der Waals surface area contributed by atoms with Gasteiger partial charge in [-0.25, -0.2) is 4.79 Å². The number of fused-ring (bicyclic) bond motifs is 1. The maximum atomic E-state index is 13.6. The molecule has 10 rings (SSSR count). The van der Waals surface area contributed by atoms with E-state index in [0.717, 1.165) is 44.4 Å². The maximum absolute atomic E-state index is 13.6. The van der Waals surface area contributed by atoms with Crippen LogP contribution in [-0.2, 0) is 10.9 Å². The molecule has 3 unspecified atom stereocenters. The van der Waals surface area contributed by atoms with Crippen LogP contribution < -0.4 is 0 Å². The van der Waals surface area contributed by atoms with Crippen molar-refractivity contribution in [2.75, 3.05) is 6.54 Å². The van der Waals surface area contributed by atoms with Crippen LogP contribution in [0.3, 0.4) is 0 Å². The van der Waals surface area contributed by atoms with Gasteiger partial charge in [-0.3, -0.25) is 4.90 Å². The van der Waals surface area contributed by atoms with Gasteiger partial charge in [-0.2, -0.15) is 13.2 Å². The minimum Gasteiger partial charge on any atom is -0.440 e. The summed E-state index contributed by atoms with van der Waals surface area (Å²) in [6.07, 6.45) is -1.75. The number of nitrogens with zero attached hydrogens (tertiary/aromatic N) is 1. The van der Waals surface area contributed by atoms with Crippen molar-refractivity contribution in [2.24, 2.45) is 39.9 Å². The molecule has 3 aliphatic heterocycles. The van der Waals surface area contributed by atoms with Gasteiger partial charge in [0, 0.05) is 47.6 Å².